The van der Waals surface area contributed by atoms with Gasteiger partial charge in [0.15, 0.2) is 0 Å². The Labute approximate surface area is 72.5 Å². The summed E-state index contributed by atoms with van der Waals surface area (Å²) < 4.78 is 9.79. The van der Waals surface area contributed by atoms with Crippen LogP contribution in [0, 0.1) is 0 Å². The maximum Gasteiger partial charge on any atom is 0.361 e. The minimum atomic E-state index is -1.10. The molecule has 0 aliphatic rings. The highest BCUT2D eigenvalue weighted by molar-refractivity contribution is 5.70. The Kier molecular flexibility index (Phi) is 6.70. The number of rotatable bonds is 7. The van der Waals surface area contributed by atoms with Crippen LogP contribution >= 0.6 is 0 Å². The molecule has 0 aromatic heterocycles. The molecule has 0 saturated heterocycles. The van der Waals surface area contributed by atoms with E-state index in [1.54, 1.807) is 6.92 Å². The lowest BCUT2D eigenvalue weighted by Crippen LogP contribution is -2.27. The molecule has 0 aromatic carbocycles. The fraction of sp³-hybridized carbons (Fsp3) is 0.875. The molecule has 1 N–H and O–H groups in total. The van der Waals surface area contributed by atoms with E-state index in [2.05, 4.69) is 0 Å². The zero-order chi connectivity index (χ0) is 9.40. The van der Waals surface area contributed by atoms with Gasteiger partial charge >= 0.3 is 5.97 Å². The normalized spacial score (nSPS) is 12.8. The number of aliphatic carboxylic acids is 1. The lowest BCUT2D eigenvalue weighted by Gasteiger charge is -2.12. The lowest BCUT2D eigenvalue weighted by atomic mass is 10.4. The van der Waals surface area contributed by atoms with Crippen molar-refractivity contribution < 1.29 is 19.4 Å². The highest BCUT2D eigenvalue weighted by Gasteiger charge is 2.16. The van der Waals surface area contributed by atoms with Crippen LogP contribution < -0.4 is 0 Å². The zero-order valence-electron chi connectivity index (χ0n) is 7.58. The Balaban J connectivity index is 3.56. The number of unbranched alkanes of at least 4 members (excludes halogenated alkanes) is 1. The monoisotopic (exact) mass is 176 g/mol. The standard InChI is InChI=1S/C8H16O4/c1-3-5-6-12-8(7(9)10)11-4-2/h8H,3-6H2,1-2H3,(H,9,10). The van der Waals surface area contributed by atoms with Crippen LogP contribution in [0.2, 0.25) is 0 Å². The second-order valence-corrected chi connectivity index (χ2v) is 2.35. The van der Waals surface area contributed by atoms with Gasteiger partial charge in [-0.25, -0.2) is 4.79 Å². The van der Waals surface area contributed by atoms with Crippen molar-refractivity contribution in [2.45, 2.75) is 33.0 Å². The maximum absolute atomic E-state index is 10.4. The van der Waals surface area contributed by atoms with E-state index < -0.39 is 12.3 Å². The van der Waals surface area contributed by atoms with Crippen LogP contribution in [0.4, 0.5) is 0 Å². The highest BCUT2D eigenvalue weighted by Crippen LogP contribution is 1.97. The van der Waals surface area contributed by atoms with Gasteiger partial charge in [-0.2, -0.15) is 0 Å². The minimum Gasteiger partial charge on any atom is -0.477 e. The molecule has 0 fully saturated rings. The number of carbonyl (C=O) groups is 1. The fourth-order valence-electron chi connectivity index (χ4n) is 0.677. The quantitative estimate of drug-likeness (QED) is 0.468. The van der Waals surface area contributed by atoms with Gasteiger partial charge in [-0.05, 0) is 13.3 Å². The molecule has 0 rings (SSSR count). The molecule has 4 nitrogen and oxygen atoms in total. The third-order valence-corrected chi connectivity index (χ3v) is 1.29. The van der Waals surface area contributed by atoms with Gasteiger partial charge in [0.2, 0.25) is 0 Å². The Morgan fingerprint density at radius 2 is 2.08 bits per heavy atom. The van der Waals surface area contributed by atoms with Gasteiger partial charge in [0, 0.05) is 6.61 Å². The molecule has 0 spiro atoms. The van der Waals surface area contributed by atoms with E-state index in [-0.39, 0.29) is 0 Å². The van der Waals surface area contributed by atoms with E-state index in [0.717, 1.165) is 12.8 Å². The maximum atomic E-state index is 10.4. The van der Waals surface area contributed by atoms with Crippen LogP contribution in [0.5, 0.6) is 0 Å². The predicted molar refractivity (Wildman–Crippen MR) is 43.9 cm³/mol. The molecule has 0 bridgehead atoms. The predicted octanol–water partition coefficient (Wildman–Crippen LogP) is 1.25. The molecule has 1 atom stereocenters. The van der Waals surface area contributed by atoms with Gasteiger partial charge in [0.05, 0.1) is 6.61 Å². The first-order valence-corrected chi connectivity index (χ1v) is 4.18. The van der Waals surface area contributed by atoms with Gasteiger partial charge in [0.25, 0.3) is 6.29 Å². The number of hydrogen-bond acceptors (Lipinski definition) is 3. The molecule has 0 radical (unpaired) electrons. The summed E-state index contributed by atoms with van der Waals surface area (Å²) in [6.07, 6.45) is 0.747. The fourth-order valence-corrected chi connectivity index (χ4v) is 0.677. The first kappa shape index (κ1) is 11.4. The summed E-state index contributed by atoms with van der Waals surface area (Å²) in [6, 6.07) is 0. The largest absolute Gasteiger partial charge is 0.477 e. The van der Waals surface area contributed by atoms with E-state index in [1.165, 1.54) is 0 Å². The molecule has 0 aliphatic heterocycles. The van der Waals surface area contributed by atoms with E-state index in [1.807, 2.05) is 6.92 Å². The molecule has 0 heterocycles. The lowest BCUT2D eigenvalue weighted by molar-refractivity contribution is -0.188. The van der Waals surface area contributed by atoms with Crippen molar-refractivity contribution in [2.24, 2.45) is 0 Å². The first-order chi connectivity index (χ1) is 5.72. The third kappa shape index (κ3) is 5.09. The number of carboxylic acids is 1. The smallest absolute Gasteiger partial charge is 0.361 e. The van der Waals surface area contributed by atoms with Gasteiger partial charge in [-0.1, -0.05) is 13.3 Å². The summed E-state index contributed by atoms with van der Waals surface area (Å²) in [6.45, 7) is 4.54. The van der Waals surface area contributed by atoms with Crippen LogP contribution in [-0.2, 0) is 14.3 Å². The second kappa shape index (κ2) is 7.06. The summed E-state index contributed by atoms with van der Waals surface area (Å²) in [5.41, 5.74) is 0. The van der Waals surface area contributed by atoms with Crippen LogP contribution in [0.1, 0.15) is 26.7 Å². The SMILES string of the molecule is CCCCOC(OCC)C(=O)O. The molecule has 72 valence electrons. The number of hydrogen-bond donors (Lipinski definition) is 1. The molecule has 1 unspecified atom stereocenters. The third-order valence-electron chi connectivity index (χ3n) is 1.29. The highest BCUT2D eigenvalue weighted by atomic mass is 16.7. The van der Waals surface area contributed by atoms with Crippen LogP contribution in [0.25, 0.3) is 0 Å². The molecule has 0 aromatic rings. The Morgan fingerprint density at radius 3 is 2.50 bits per heavy atom. The molecular weight excluding hydrogens is 160 g/mol. The molecule has 0 aliphatic carbocycles. The summed E-state index contributed by atoms with van der Waals surface area (Å²) in [7, 11) is 0. The average Bonchev–Trinajstić information content (AvgIpc) is 2.03. The van der Waals surface area contributed by atoms with Crippen molar-refractivity contribution in [1.82, 2.24) is 0 Å². The Morgan fingerprint density at radius 1 is 1.42 bits per heavy atom. The molecular formula is C8H16O4. The van der Waals surface area contributed by atoms with E-state index >= 15 is 0 Å². The first-order valence-electron chi connectivity index (χ1n) is 4.18. The van der Waals surface area contributed by atoms with Crippen LogP contribution in [-0.4, -0.2) is 30.6 Å². The van der Waals surface area contributed by atoms with Crippen molar-refractivity contribution >= 4 is 5.97 Å². The van der Waals surface area contributed by atoms with Crippen LogP contribution in [0.15, 0.2) is 0 Å². The Bertz CT molecular complexity index is 124. The van der Waals surface area contributed by atoms with Crippen molar-refractivity contribution in [1.29, 1.82) is 0 Å². The minimum absolute atomic E-state index is 0.350. The van der Waals surface area contributed by atoms with Crippen molar-refractivity contribution in [3.8, 4) is 0 Å². The second-order valence-electron chi connectivity index (χ2n) is 2.35. The van der Waals surface area contributed by atoms with Crippen molar-refractivity contribution in [3.63, 3.8) is 0 Å². The summed E-state index contributed by atoms with van der Waals surface area (Å²) in [5.74, 6) is -1.06. The van der Waals surface area contributed by atoms with Crippen molar-refractivity contribution in [2.75, 3.05) is 13.2 Å². The average molecular weight is 176 g/mol. The summed E-state index contributed by atoms with van der Waals surface area (Å²) in [4.78, 5) is 10.4. The topological polar surface area (TPSA) is 55.8 Å². The van der Waals surface area contributed by atoms with Crippen LogP contribution in [0.3, 0.4) is 0 Å². The van der Waals surface area contributed by atoms with Crippen molar-refractivity contribution in [3.05, 3.63) is 0 Å². The van der Waals surface area contributed by atoms with Gasteiger partial charge in [-0.15, -0.1) is 0 Å². The molecule has 12 heavy (non-hydrogen) atoms. The van der Waals surface area contributed by atoms with E-state index in [0.29, 0.717) is 13.2 Å². The zero-order valence-corrected chi connectivity index (χ0v) is 7.58. The van der Waals surface area contributed by atoms with Gasteiger partial charge in [-0.3, -0.25) is 0 Å². The number of carboxylic acid groups (broad SMARTS) is 1. The summed E-state index contributed by atoms with van der Waals surface area (Å²) >= 11 is 0. The van der Waals surface area contributed by atoms with Gasteiger partial charge in [0.1, 0.15) is 0 Å². The summed E-state index contributed by atoms with van der Waals surface area (Å²) in [5, 5.41) is 8.55. The number of ether oxygens (including phenoxy) is 2. The van der Waals surface area contributed by atoms with Gasteiger partial charge < -0.3 is 14.6 Å². The molecule has 4 heteroatoms. The van der Waals surface area contributed by atoms with E-state index in [9.17, 15) is 4.79 Å². The Hall–Kier alpha value is -0.610. The molecule has 0 saturated carbocycles. The molecule has 0 amide bonds. The van der Waals surface area contributed by atoms with E-state index in [4.69, 9.17) is 14.6 Å².